The number of aromatic nitrogens is 3. The zero-order chi connectivity index (χ0) is 22.4. The van der Waals surface area contributed by atoms with Crippen LogP contribution in [0, 0.1) is 11.8 Å². The van der Waals surface area contributed by atoms with E-state index in [-0.39, 0.29) is 24.8 Å². The Morgan fingerprint density at radius 1 is 0.906 bits per heavy atom. The molecule has 9 heteroatoms. The molecule has 162 valence electrons. The average molecular weight is 451 g/mol. The van der Waals surface area contributed by atoms with E-state index >= 15 is 0 Å². The van der Waals surface area contributed by atoms with Gasteiger partial charge in [-0.05, 0) is 24.1 Å². The zero-order valence-electron chi connectivity index (χ0n) is 16.8. The summed E-state index contributed by atoms with van der Waals surface area (Å²) in [7, 11) is 0. The molecule has 3 atom stereocenters. The van der Waals surface area contributed by atoms with Crippen molar-refractivity contribution in [3.8, 4) is 0 Å². The van der Waals surface area contributed by atoms with Crippen molar-refractivity contribution in [3.05, 3.63) is 98.3 Å². The topological polar surface area (TPSA) is 97.2 Å². The van der Waals surface area contributed by atoms with Gasteiger partial charge in [-0.3, -0.25) is 9.59 Å². The van der Waals surface area contributed by atoms with E-state index in [1.165, 1.54) is 4.68 Å². The van der Waals surface area contributed by atoms with Gasteiger partial charge < -0.3 is 0 Å². The van der Waals surface area contributed by atoms with Gasteiger partial charge in [0.1, 0.15) is 0 Å². The number of para-hydroxylation sites is 1. The Kier molecular flexibility index (Phi) is 4.94. The number of fused-ring (bicyclic) bond motifs is 1. The highest BCUT2D eigenvalue weighted by Crippen LogP contribution is 2.41. The maximum Gasteiger partial charge on any atom is 0.347 e. The Morgan fingerprint density at radius 3 is 2.38 bits per heavy atom. The monoisotopic (exact) mass is 450 g/mol. The molecule has 1 saturated heterocycles. The van der Waals surface area contributed by atoms with Crippen molar-refractivity contribution in [3.63, 3.8) is 0 Å². The van der Waals surface area contributed by atoms with Gasteiger partial charge in [0, 0.05) is 0 Å². The Hall–Kier alpha value is -3.65. The third-order valence-corrected chi connectivity index (χ3v) is 6.34. The summed E-state index contributed by atoms with van der Waals surface area (Å²) in [6, 6.07) is 15.3. The molecule has 2 aliphatic rings. The van der Waals surface area contributed by atoms with Crippen molar-refractivity contribution in [2.75, 3.05) is 4.90 Å². The smallest absolute Gasteiger partial charge is 0.274 e. The van der Waals surface area contributed by atoms with E-state index in [1.807, 2.05) is 30.3 Å². The van der Waals surface area contributed by atoms with Gasteiger partial charge in [-0.25, -0.2) is 28.8 Å². The van der Waals surface area contributed by atoms with Crippen LogP contribution in [0.25, 0.3) is 0 Å². The number of benzene rings is 2. The minimum atomic E-state index is -0.637. The molecule has 1 N–H and O–H groups in total. The fourth-order valence-electron chi connectivity index (χ4n) is 4.42. The average Bonchev–Trinajstić information content (AvgIpc) is 3.22. The fourth-order valence-corrected chi connectivity index (χ4v) is 4.64. The van der Waals surface area contributed by atoms with Crippen molar-refractivity contribution in [2.45, 2.75) is 19.0 Å². The van der Waals surface area contributed by atoms with Crippen molar-refractivity contribution >= 4 is 29.1 Å². The number of nitrogens with zero attached hydrogens (tertiary/aromatic N) is 3. The largest absolute Gasteiger partial charge is 0.347 e. The van der Waals surface area contributed by atoms with E-state index in [2.05, 4.69) is 5.10 Å². The molecule has 2 aromatic carbocycles. The zero-order valence-corrected chi connectivity index (χ0v) is 17.6. The van der Waals surface area contributed by atoms with Crippen LogP contribution in [0.3, 0.4) is 0 Å². The fraction of sp³-hybridized carbons (Fsp3) is 0.217. The number of imide groups is 1. The molecule has 1 aliphatic heterocycles. The summed E-state index contributed by atoms with van der Waals surface area (Å²) in [4.78, 5) is 52.6. The van der Waals surface area contributed by atoms with Crippen LogP contribution in [0.15, 0.2) is 76.3 Å². The molecule has 8 nitrogen and oxygen atoms in total. The van der Waals surface area contributed by atoms with Crippen LogP contribution in [0.4, 0.5) is 5.69 Å². The first-order chi connectivity index (χ1) is 15.5. The molecule has 1 aliphatic carbocycles. The number of allylic oxidation sites excluding steroid dienone is 1. The van der Waals surface area contributed by atoms with Gasteiger partial charge in [0.25, 0.3) is 0 Å². The molecule has 5 rings (SSSR count). The lowest BCUT2D eigenvalue weighted by Gasteiger charge is -2.23. The van der Waals surface area contributed by atoms with E-state index in [1.54, 1.807) is 36.4 Å². The van der Waals surface area contributed by atoms with Crippen LogP contribution in [0.5, 0.6) is 0 Å². The maximum absolute atomic E-state index is 13.1. The van der Waals surface area contributed by atoms with E-state index in [0.29, 0.717) is 10.7 Å². The highest BCUT2D eigenvalue weighted by atomic mass is 35.5. The van der Waals surface area contributed by atoms with Crippen LogP contribution in [0.2, 0.25) is 5.02 Å². The second-order valence-corrected chi connectivity index (χ2v) is 8.33. The molecule has 2 heterocycles. The van der Waals surface area contributed by atoms with Crippen molar-refractivity contribution in [1.29, 1.82) is 0 Å². The maximum atomic E-state index is 13.1. The second kappa shape index (κ2) is 7.80. The van der Waals surface area contributed by atoms with Crippen LogP contribution in [-0.4, -0.2) is 26.2 Å². The molecule has 0 spiro atoms. The summed E-state index contributed by atoms with van der Waals surface area (Å²) >= 11 is 6.21. The van der Waals surface area contributed by atoms with Crippen molar-refractivity contribution < 1.29 is 9.59 Å². The van der Waals surface area contributed by atoms with Crippen LogP contribution in [0.1, 0.15) is 18.0 Å². The molecule has 0 unspecified atom stereocenters. The number of hydrogen-bond acceptors (Lipinski definition) is 4. The highest BCUT2D eigenvalue weighted by molar-refractivity contribution is 6.36. The summed E-state index contributed by atoms with van der Waals surface area (Å²) in [5.41, 5.74) is 0.153. The van der Waals surface area contributed by atoms with Gasteiger partial charge in [0.2, 0.25) is 11.8 Å². The number of amides is 2. The Bertz CT molecular complexity index is 1350. The molecule has 0 radical (unpaired) electrons. The van der Waals surface area contributed by atoms with Crippen molar-refractivity contribution in [2.24, 2.45) is 11.8 Å². The minimum absolute atomic E-state index is 0.141. The van der Waals surface area contributed by atoms with Gasteiger partial charge in [0.05, 0.1) is 35.1 Å². The van der Waals surface area contributed by atoms with Gasteiger partial charge in [-0.2, -0.15) is 0 Å². The Labute approximate surface area is 187 Å². The summed E-state index contributed by atoms with van der Waals surface area (Å²) in [5, 5.41) is 2.90. The molecule has 0 bridgehead atoms. The van der Waals surface area contributed by atoms with Gasteiger partial charge in [0.15, 0.2) is 0 Å². The van der Waals surface area contributed by atoms with E-state index in [9.17, 15) is 19.2 Å². The molecule has 1 fully saturated rings. The number of hydrogen-bond donors (Lipinski definition) is 1. The van der Waals surface area contributed by atoms with Crippen LogP contribution in [-0.2, 0) is 16.1 Å². The third kappa shape index (κ3) is 3.23. The second-order valence-electron chi connectivity index (χ2n) is 7.92. The lowest BCUT2D eigenvalue weighted by atomic mass is 9.84. The molecule has 2 amide bonds. The summed E-state index contributed by atoms with van der Waals surface area (Å²) in [6.07, 6.45) is 3.57. The number of aromatic amines is 1. The van der Waals surface area contributed by atoms with Crippen LogP contribution < -0.4 is 16.3 Å². The molecule has 3 aromatic rings. The number of anilines is 1. The van der Waals surface area contributed by atoms with Gasteiger partial charge >= 0.3 is 11.4 Å². The number of halogens is 1. The molecule has 32 heavy (non-hydrogen) atoms. The number of rotatable bonds is 4. The molecular formula is C23H19ClN4O4. The summed E-state index contributed by atoms with van der Waals surface area (Å²) in [5.74, 6) is -1.96. The number of carbonyl (C=O) groups excluding carboxylic acids is 2. The minimum Gasteiger partial charge on any atom is -0.274 e. The van der Waals surface area contributed by atoms with Crippen LogP contribution >= 0.6 is 11.6 Å². The first kappa shape index (κ1) is 20.3. The third-order valence-electron chi connectivity index (χ3n) is 6.02. The molecule has 0 saturated carbocycles. The molecule has 1 aromatic heterocycles. The number of carbonyl (C=O) groups is 2. The first-order valence-corrected chi connectivity index (χ1v) is 10.6. The normalized spacial score (nSPS) is 22.4. The predicted octanol–water partition coefficient (Wildman–Crippen LogP) is 2.35. The van der Waals surface area contributed by atoms with E-state index in [0.717, 1.165) is 15.0 Å². The quantitative estimate of drug-likeness (QED) is 0.487. The summed E-state index contributed by atoms with van der Waals surface area (Å²) in [6.45, 7) is 0.141. The lowest BCUT2D eigenvalue weighted by Crippen LogP contribution is -2.33. The SMILES string of the molecule is O=C1[C@@H]2C=C[C@H](n3[nH]c(=O)n(Cc4ccccc4)c3=O)C[C@H]2C(=O)N1c1ccccc1Cl. The molecular weight excluding hydrogens is 432 g/mol. The Balaban J connectivity index is 1.44. The van der Waals surface area contributed by atoms with Gasteiger partial charge in [-0.1, -0.05) is 66.2 Å². The Morgan fingerprint density at radius 2 is 1.62 bits per heavy atom. The van der Waals surface area contributed by atoms with Crippen molar-refractivity contribution in [1.82, 2.24) is 14.3 Å². The van der Waals surface area contributed by atoms with E-state index < -0.39 is 29.3 Å². The predicted molar refractivity (Wildman–Crippen MR) is 119 cm³/mol. The highest BCUT2D eigenvalue weighted by Gasteiger charge is 2.49. The lowest BCUT2D eigenvalue weighted by molar-refractivity contribution is -0.122. The number of nitrogens with one attached hydrogen (secondary N) is 1. The standard InChI is InChI=1S/C23H19ClN4O4/c24-18-8-4-5-9-19(18)27-20(29)16-11-10-15(12-17(16)21(27)30)28-23(32)26(22(31)25-28)13-14-6-2-1-3-7-14/h1-11,15-17H,12-13H2,(H,25,31)/t15-,16+,17+/m0/s1. The summed E-state index contributed by atoms with van der Waals surface area (Å²) < 4.78 is 2.35. The van der Waals surface area contributed by atoms with Gasteiger partial charge in [-0.15, -0.1) is 0 Å². The first-order valence-electron chi connectivity index (χ1n) is 10.2. The number of H-pyrrole nitrogens is 1. The van der Waals surface area contributed by atoms with E-state index in [4.69, 9.17) is 11.6 Å².